The van der Waals surface area contributed by atoms with Crippen molar-refractivity contribution in [2.45, 2.75) is 25.9 Å². The number of nitrogens with one attached hydrogen (secondary N) is 2. The highest BCUT2D eigenvalue weighted by atomic mass is 19.1. The monoisotopic (exact) mass is 283 g/mol. The van der Waals surface area contributed by atoms with E-state index in [0.29, 0.717) is 6.42 Å². The fourth-order valence-corrected chi connectivity index (χ4v) is 1.96. The number of rotatable bonds is 3. The van der Waals surface area contributed by atoms with Crippen LogP contribution in [-0.4, -0.2) is 23.9 Å². The van der Waals surface area contributed by atoms with Crippen LogP contribution in [0.5, 0.6) is 0 Å². The molecule has 0 unspecified atom stereocenters. The molecule has 5 nitrogen and oxygen atoms in total. The Bertz CT molecular complexity index is 542. The quantitative estimate of drug-likeness (QED) is 0.895. The summed E-state index contributed by atoms with van der Waals surface area (Å²) in [6.45, 7) is 3.88. The highest BCUT2D eigenvalue weighted by molar-refractivity contribution is 5.89. The van der Waals surface area contributed by atoms with Crippen LogP contribution in [0.1, 0.15) is 20.3 Å². The summed E-state index contributed by atoms with van der Waals surface area (Å²) < 4.78 is 25.9. The Labute approximate surface area is 115 Å². The molecule has 1 aromatic rings. The second-order valence-corrected chi connectivity index (χ2v) is 5.01. The van der Waals surface area contributed by atoms with Crippen LogP contribution in [0.15, 0.2) is 23.4 Å². The standard InChI is InChI=1S/C13H15F2N3O2/c1-8-6-13(2,20-18-8)7-16-12(19)17-11-4-9(14)3-10(15)5-11/h3-5H,6-7H2,1-2H3,(H2,16,17,19)/t13-/m1/s1. The molecule has 108 valence electrons. The number of urea groups is 1. The van der Waals surface area contributed by atoms with Gasteiger partial charge in [0, 0.05) is 18.2 Å². The summed E-state index contributed by atoms with van der Waals surface area (Å²) in [6, 6.07) is 2.23. The third kappa shape index (κ3) is 3.66. The average molecular weight is 283 g/mol. The minimum absolute atomic E-state index is 0.0462. The summed E-state index contributed by atoms with van der Waals surface area (Å²) in [5, 5.41) is 8.75. The van der Waals surface area contributed by atoms with E-state index in [0.717, 1.165) is 23.9 Å². The zero-order valence-electron chi connectivity index (χ0n) is 11.2. The Kier molecular flexibility index (Phi) is 3.87. The maximum absolute atomic E-state index is 13.0. The van der Waals surface area contributed by atoms with Gasteiger partial charge in [0.2, 0.25) is 0 Å². The van der Waals surface area contributed by atoms with Gasteiger partial charge < -0.3 is 15.5 Å². The second kappa shape index (κ2) is 5.44. The van der Waals surface area contributed by atoms with Crippen molar-refractivity contribution < 1.29 is 18.4 Å². The predicted octanol–water partition coefficient (Wildman–Crippen LogP) is 2.64. The molecule has 0 aliphatic carbocycles. The number of benzene rings is 1. The summed E-state index contributed by atoms with van der Waals surface area (Å²) in [7, 11) is 0. The molecule has 2 rings (SSSR count). The average Bonchev–Trinajstić information content (AvgIpc) is 2.66. The van der Waals surface area contributed by atoms with Gasteiger partial charge in [-0.3, -0.25) is 0 Å². The first-order valence-electron chi connectivity index (χ1n) is 6.09. The Hall–Kier alpha value is -2.18. The van der Waals surface area contributed by atoms with Crippen LogP contribution in [0, 0.1) is 11.6 Å². The molecule has 1 aliphatic heterocycles. The lowest BCUT2D eigenvalue weighted by Gasteiger charge is -2.21. The van der Waals surface area contributed by atoms with Gasteiger partial charge in [-0.15, -0.1) is 0 Å². The van der Waals surface area contributed by atoms with Gasteiger partial charge in [-0.05, 0) is 26.0 Å². The highest BCUT2D eigenvalue weighted by Crippen LogP contribution is 2.22. The first kappa shape index (κ1) is 14.2. The zero-order valence-corrected chi connectivity index (χ0v) is 11.2. The van der Waals surface area contributed by atoms with E-state index in [9.17, 15) is 13.6 Å². The van der Waals surface area contributed by atoms with Crippen LogP contribution in [0.4, 0.5) is 19.3 Å². The molecule has 7 heteroatoms. The van der Waals surface area contributed by atoms with E-state index in [4.69, 9.17) is 4.84 Å². The fraction of sp³-hybridized carbons (Fsp3) is 0.385. The van der Waals surface area contributed by atoms with Crippen molar-refractivity contribution in [1.29, 1.82) is 0 Å². The molecule has 0 saturated heterocycles. The number of nitrogens with zero attached hydrogens (tertiary/aromatic N) is 1. The molecule has 1 heterocycles. The topological polar surface area (TPSA) is 62.7 Å². The van der Waals surface area contributed by atoms with Gasteiger partial charge >= 0.3 is 6.03 Å². The van der Waals surface area contributed by atoms with Gasteiger partial charge in [0.25, 0.3) is 0 Å². The molecule has 1 aromatic carbocycles. The Balaban J connectivity index is 1.87. The lowest BCUT2D eigenvalue weighted by Crippen LogP contribution is -2.42. The summed E-state index contributed by atoms with van der Waals surface area (Å²) in [4.78, 5) is 16.9. The number of hydrogen-bond acceptors (Lipinski definition) is 3. The Morgan fingerprint density at radius 1 is 1.40 bits per heavy atom. The van der Waals surface area contributed by atoms with Gasteiger partial charge in [-0.25, -0.2) is 13.6 Å². The summed E-state index contributed by atoms with van der Waals surface area (Å²) in [5.74, 6) is -1.51. The van der Waals surface area contributed by atoms with E-state index in [1.54, 1.807) is 0 Å². The maximum Gasteiger partial charge on any atom is 0.319 e. The largest absolute Gasteiger partial charge is 0.387 e. The molecule has 0 radical (unpaired) electrons. The molecule has 0 bridgehead atoms. The van der Waals surface area contributed by atoms with Gasteiger partial charge in [-0.2, -0.15) is 0 Å². The molecule has 0 aromatic heterocycles. The van der Waals surface area contributed by atoms with Crippen molar-refractivity contribution in [2.75, 3.05) is 11.9 Å². The van der Waals surface area contributed by atoms with Gasteiger partial charge in [-0.1, -0.05) is 5.16 Å². The molecule has 1 aliphatic rings. The van der Waals surface area contributed by atoms with E-state index in [1.165, 1.54) is 0 Å². The smallest absolute Gasteiger partial charge is 0.319 e. The first-order chi connectivity index (χ1) is 9.36. The zero-order chi connectivity index (χ0) is 14.8. The molecule has 0 spiro atoms. The molecular weight excluding hydrogens is 268 g/mol. The second-order valence-electron chi connectivity index (χ2n) is 5.01. The third-order valence-corrected chi connectivity index (χ3v) is 2.79. The van der Waals surface area contributed by atoms with Crippen LogP contribution < -0.4 is 10.6 Å². The lowest BCUT2D eigenvalue weighted by atomic mass is 10.0. The van der Waals surface area contributed by atoms with Crippen molar-refractivity contribution in [1.82, 2.24) is 5.32 Å². The van der Waals surface area contributed by atoms with Crippen molar-refractivity contribution in [3.05, 3.63) is 29.8 Å². The van der Waals surface area contributed by atoms with Crippen LogP contribution >= 0.6 is 0 Å². The molecule has 0 fully saturated rings. The van der Waals surface area contributed by atoms with Crippen molar-refractivity contribution in [2.24, 2.45) is 5.16 Å². The summed E-state index contributed by atoms with van der Waals surface area (Å²) in [6.07, 6.45) is 0.613. The van der Waals surface area contributed by atoms with Crippen molar-refractivity contribution >= 4 is 17.4 Å². The molecule has 2 N–H and O–H groups in total. The number of carbonyl (C=O) groups excluding carboxylic acids is 1. The van der Waals surface area contributed by atoms with Crippen LogP contribution in [0.25, 0.3) is 0 Å². The lowest BCUT2D eigenvalue weighted by molar-refractivity contribution is -0.0000967. The molecule has 20 heavy (non-hydrogen) atoms. The minimum Gasteiger partial charge on any atom is -0.387 e. The minimum atomic E-state index is -0.754. The van der Waals surface area contributed by atoms with Crippen LogP contribution in [0.2, 0.25) is 0 Å². The summed E-state index contributed by atoms with van der Waals surface area (Å²) >= 11 is 0. The van der Waals surface area contributed by atoms with E-state index < -0.39 is 23.3 Å². The number of oxime groups is 1. The van der Waals surface area contributed by atoms with E-state index >= 15 is 0 Å². The number of halogens is 2. The number of anilines is 1. The molecule has 1 atom stereocenters. The molecule has 0 saturated carbocycles. The Morgan fingerprint density at radius 2 is 2.05 bits per heavy atom. The summed E-state index contributed by atoms with van der Waals surface area (Å²) in [5.41, 5.74) is 0.307. The van der Waals surface area contributed by atoms with Gasteiger partial charge in [0.15, 0.2) is 5.60 Å². The van der Waals surface area contributed by atoms with Crippen molar-refractivity contribution in [3.63, 3.8) is 0 Å². The number of hydrogen-bond donors (Lipinski definition) is 2. The fourth-order valence-electron chi connectivity index (χ4n) is 1.96. The van der Waals surface area contributed by atoms with Crippen molar-refractivity contribution in [3.8, 4) is 0 Å². The van der Waals surface area contributed by atoms with Gasteiger partial charge in [0.1, 0.15) is 11.6 Å². The normalized spacial score (nSPS) is 21.1. The highest BCUT2D eigenvalue weighted by Gasteiger charge is 2.32. The first-order valence-corrected chi connectivity index (χ1v) is 6.09. The van der Waals surface area contributed by atoms with E-state index in [2.05, 4.69) is 15.8 Å². The van der Waals surface area contributed by atoms with Gasteiger partial charge in [0.05, 0.1) is 12.3 Å². The predicted molar refractivity (Wildman–Crippen MR) is 70.6 cm³/mol. The number of amides is 2. The number of carbonyl (C=O) groups is 1. The van der Waals surface area contributed by atoms with Crippen LogP contribution in [0.3, 0.4) is 0 Å². The van der Waals surface area contributed by atoms with E-state index in [-0.39, 0.29) is 12.2 Å². The van der Waals surface area contributed by atoms with E-state index in [1.807, 2.05) is 13.8 Å². The maximum atomic E-state index is 13.0. The SMILES string of the molecule is CC1=NO[C@@](C)(CNC(=O)Nc2cc(F)cc(F)c2)C1. The van der Waals surface area contributed by atoms with Crippen LogP contribution in [-0.2, 0) is 4.84 Å². The molecule has 2 amide bonds. The Morgan fingerprint density at radius 3 is 2.60 bits per heavy atom. The third-order valence-electron chi connectivity index (χ3n) is 2.79. The molecular formula is C13H15F2N3O2.